The summed E-state index contributed by atoms with van der Waals surface area (Å²) in [5.41, 5.74) is 2.62. The average molecular weight is 381 g/mol. The van der Waals surface area contributed by atoms with Crippen LogP contribution in [0.2, 0.25) is 0 Å². The smallest absolute Gasteiger partial charge is 0.331 e. The van der Waals surface area contributed by atoms with Gasteiger partial charge >= 0.3 is 5.97 Å². The Kier molecular flexibility index (Phi) is 6.32. The van der Waals surface area contributed by atoms with Crippen LogP contribution in [0.5, 0.6) is 11.5 Å². The fourth-order valence-electron chi connectivity index (χ4n) is 2.66. The van der Waals surface area contributed by atoms with Gasteiger partial charge in [-0.2, -0.15) is 0 Å². The third kappa shape index (κ3) is 5.13. The molecule has 1 amide bonds. The van der Waals surface area contributed by atoms with Crippen LogP contribution in [0.3, 0.4) is 0 Å². The van der Waals surface area contributed by atoms with E-state index in [9.17, 15) is 9.59 Å². The third-order valence-electron chi connectivity index (χ3n) is 4.27. The number of hydrogen-bond acceptors (Lipinski definition) is 5. The first-order chi connectivity index (χ1) is 13.5. The van der Waals surface area contributed by atoms with E-state index in [4.69, 9.17) is 14.2 Å². The summed E-state index contributed by atoms with van der Waals surface area (Å²) in [5.74, 6) is 0.344. The topological polar surface area (TPSA) is 73.9 Å². The van der Waals surface area contributed by atoms with Gasteiger partial charge in [0.05, 0.1) is 0 Å². The molecule has 0 saturated carbocycles. The molecule has 6 heteroatoms. The van der Waals surface area contributed by atoms with E-state index in [1.165, 1.54) is 18.6 Å². The zero-order valence-electron chi connectivity index (χ0n) is 15.9. The van der Waals surface area contributed by atoms with Gasteiger partial charge in [-0.15, -0.1) is 0 Å². The molecule has 1 aliphatic heterocycles. The van der Waals surface area contributed by atoms with Crippen LogP contribution in [0.25, 0.3) is 6.08 Å². The van der Waals surface area contributed by atoms with E-state index in [0.717, 1.165) is 12.0 Å². The molecule has 6 nitrogen and oxygen atoms in total. The van der Waals surface area contributed by atoms with E-state index in [0.29, 0.717) is 30.4 Å². The van der Waals surface area contributed by atoms with E-state index < -0.39 is 12.1 Å². The zero-order chi connectivity index (χ0) is 19.9. The van der Waals surface area contributed by atoms with Crippen LogP contribution in [0.4, 0.5) is 5.69 Å². The van der Waals surface area contributed by atoms with Crippen molar-refractivity contribution in [1.29, 1.82) is 0 Å². The largest absolute Gasteiger partial charge is 0.486 e. The lowest BCUT2D eigenvalue weighted by Gasteiger charge is -2.18. The Morgan fingerprint density at radius 3 is 2.54 bits per heavy atom. The molecule has 0 aliphatic carbocycles. The normalized spacial score (nSPS) is 13.8. The Bertz CT molecular complexity index is 873. The highest BCUT2D eigenvalue weighted by Crippen LogP contribution is 2.31. The molecular weight excluding hydrogens is 358 g/mol. The van der Waals surface area contributed by atoms with Crippen LogP contribution >= 0.6 is 0 Å². The Hall–Kier alpha value is -3.28. The maximum atomic E-state index is 12.2. The molecule has 0 saturated heterocycles. The van der Waals surface area contributed by atoms with Crippen molar-refractivity contribution in [2.75, 3.05) is 18.5 Å². The first-order valence-corrected chi connectivity index (χ1v) is 9.23. The quantitative estimate of drug-likeness (QED) is 0.611. The van der Waals surface area contributed by atoms with E-state index in [-0.39, 0.29) is 5.91 Å². The number of hydrogen-bond donors (Lipinski definition) is 1. The Morgan fingerprint density at radius 2 is 1.82 bits per heavy atom. The molecular formula is C22H23NO5. The number of aryl methyl sites for hydroxylation is 1. The summed E-state index contributed by atoms with van der Waals surface area (Å²) in [6.07, 6.45) is 2.90. The highest BCUT2D eigenvalue weighted by atomic mass is 16.6. The standard InChI is InChI=1S/C22H23NO5/c1-3-16-4-8-18(9-5-16)23-22(25)15(2)28-21(24)11-7-17-6-10-19-20(14-17)27-13-12-26-19/h4-11,14-15H,3,12-13H2,1-2H3,(H,23,25)/b11-7+/t15-/m0/s1. The van der Waals surface area contributed by atoms with Gasteiger partial charge in [0, 0.05) is 11.8 Å². The molecule has 0 fully saturated rings. The van der Waals surface area contributed by atoms with Crippen molar-refractivity contribution in [3.63, 3.8) is 0 Å². The Labute approximate surface area is 164 Å². The number of anilines is 1. The molecule has 1 N–H and O–H groups in total. The highest BCUT2D eigenvalue weighted by molar-refractivity contribution is 5.96. The van der Waals surface area contributed by atoms with Crippen molar-refractivity contribution >= 4 is 23.6 Å². The van der Waals surface area contributed by atoms with Gasteiger partial charge < -0.3 is 19.5 Å². The molecule has 0 spiro atoms. The van der Waals surface area contributed by atoms with Gasteiger partial charge in [-0.3, -0.25) is 4.79 Å². The second-order valence-electron chi connectivity index (χ2n) is 6.36. The summed E-state index contributed by atoms with van der Waals surface area (Å²) in [6, 6.07) is 12.9. The lowest BCUT2D eigenvalue weighted by molar-refractivity contribution is -0.148. The maximum Gasteiger partial charge on any atom is 0.331 e. The summed E-state index contributed by atoms with van der Waals surface area (Å²) in [4.78, 5) is 24.2. The van der Waals surface area contributed by atoms with E-state index in [1.807, 2.05) is 30.3 Å². The second-order valence-corrected chi connectivity index (χ2v) is 6.36. The molecule has 3 rings (SSSR count). The highest BCUT2D eigenvalue weighted by Gasteiger charge is 2.17. The second kappa shape index (κ2) is 9.08. The Morgan fingerprint density at radius 1 is 1.11 bits per heavy atom. The lowest BCUT2D eigenvalue weighted by Crippen LogP contribution is -2.29. The minimum absolute atomic E-state index is 0.384. The summed E-state index contributed by atoms with van der Waals surface area (Å²) in [5, 5.41) is 2.74. The molecule has 2 aromatic rings. The molecule has 0 aromatic heterocycles. The van der Waals surface area contributed by atoms with Crippen molar-refractivity contribution in [1.82, 2.24) is 0 Å². The van der Waals surface area contributed by atoms with Gasteiger partial charge in [0.15, 0.2) is 17.6 Å². The lowest BCUT2D eigenvalue weighted by atomic mass is 10.1. The number of carbonyl (C=O) groups is 2. The van der Waals surface area contributed by atoms with Crippen molar-refractivity contribution in [2.24, 2.45) is 0 Å². The van der Waals surface area contributed by atoms with E-state index >= 15 is 0 Å². The Balaban J connectivity index is 1.53. The first kappa shape index (κ1) is 19.5. The van der Waals surface area contributed by atoms with Gasteiger partial charge in [0.1, 0.15) is 13.2 Å². The van der Waals surface area contributed by atoms with Crippen molar-refractivity contribution in [3.05, 3.63) is 59.7 Å². The molecule has 146 valence electrons. The molecule has 28 heavy (non-hydrogen) atoms. The molecule has 0 bridgehead atoms. The van der Waals surface area contributed by atoms with Crippen molar-refractivity contribution in [2.45, 2.75) is 26.4 Å². The third-order valence-corrected chi connectivity index (χ3v) is 4.27. The number of nitrogens with one attached hydrogen (secondary N) is 1. The molecule has 2 aromatic carbocycles. The monoisotopic (exact) mass is 381 g/mol. The van der Waals surface area contributed by atoms with Crippen molar-refractivity contribution < 1.29 is 23.8 Å². The van der Waals surface area contributed by atoms with Gasteiger partial charge in [-0.25, -0.2) is 4.79 Å². The van der Waals surface area contributed by atoms with Gasteiger partial charge in [-0.05, 0) is 54.8 Å². The molecule has 1 aliphatic rings. The number of rotatable bonds is 6. The number of benzene rings is 2. The zero-order valence-corrected chi connectivity index (χ0v) is 15.9. The summed E-state index contributed by atoms with van der Waals surface area (Å²) in [6.45, 7) is 4.62. The molecule has 1 heterocycles. The van der Waals surface area contributed by atoms with Gasteiger partial charge in [-0.1, -0.05) is 25.1 Å². The number of amides is 1. The van der Waals surface area contributed by atoms with Crippen molar-refractivity contribution in [3.8, 4) is 11.5 Å². The predicted octanol–water partition coefficient (Wildman–Crippen LogP) is 3.60. The van der Waals surface area contributed by atoms with Crippen LogP contribution in [0.15, 0.2) is 48.5 Å². The molecule has 0 radical (unpaired) electrons. The maximum absolute atomic E-state index is 12.2. The summed E-state index contributed by atoms with van der Waals surface area (Å²) >= 11 is 0. The molecule has 1 atom stereocenters. The van der Waals surface area contributed by atoms with Crippen LogP contribution in [-0.2, 0) is 20.7 Å². The first-order valence-electron chi connectivity index (χ1n) is 9.23. The van der Waals surface area contributed by atoms with Gasteiger partial charge in [0.25, 0.3) is 5.91 Å². The van der Waals surface area contributed by atoms with E-state index in [1.54, 1.807) is 18.2 Å². The van der Waals surface area contributed by atoms with Crippen LogP contribution in [-0.4, -0.2) is 31.2 Å². The summed E-state index contributed by atoms with van der Waals surface area (Å²) < 4.78 is 16.1. The fraction of sp³-hybridized carbons (Fsp3) is 0.273. The SMILES string of the molecule is CCc1ccc(NC(=O)[C@H](C)OC(=O)/C=C/c2ccc3c(c2)OCCO3)cc1. The van der Waals surface area contributed by atoms with Crippen LogP contribution < -0.4 is 14.8 Å². The number of fused-ring (bicyclic) bond motifs is 1. The minimum atomic E-state index is -0.914. The minimum Gasteiger partial charge on any atom is -0.486 e. The van der Waals surface area contributed by atoms with E-state index in [2.05, 4.69) is 12.2 Å². The van der Waals surface area contributed by atoms with Crippen LogP contribution in [0.1, 0.15) is 25.0 Å². The number of carbonyl (C=O) groups excluding carboxylic acids is 2. The number of ether oxygens (including phenoxy) is 3. The fourth-order valence-corrected chi connectivity index (χ4v) is 2.66. The van der Waals surface area contributed by atoms with Crippen LogP contribution in [0, 0.1) is 0 Å². The number of esters is 1. The summed E-state index contributed by atoms with van der Waals surface area (Å²) in [7, 11) is 0. The predicted molar refractivity (Wildman–Crippen MR) is 106 cm³/mol. The average Bonchev–Trinajstić information content (AvgIpc) is 2.72. The molecule has 0 unspecified atom stereocenters. The van der Waals surface area contributed by atoms with Gasteiger partial charge in [0.2, 0.25) is 0 Å².